The molecule has 0 spiro atoms. The number of nitrogens with zero attached hydrogens (tertiary/aromatic N) is 3. The quantitative estimate of drug-likeness (QED) is 0.715. The molecule has 0 aromatic carbocycles. The maximum absolute atomic E-state index is 13.1. The molecule has 7 heteroatoms. The Morgan fingerprint density at radius 1 is 1.14 bits per heavy atom. The molecule has 0 unspecified atom stereocenters. The van der Waals surface area contributed by atoms with Crippen molar-refractivity contribution >= 4 is 22.8 Å². The van der Waals surface area contributed by atoms with Crippen LogP contribution in [0, 0.1) is 11.8 Å². The third kappa shape index (κ3) is 3.46. The van der Waals surface area contributed by atoms with Gasteiger partial charge >= 0.3 is 0 Å². The standard InChI is InChI=1S/C22H25N5O2/c1-29-20-10-15-13-27(22(28)19-11-17-16(25-19)5-4-8-23-17)12-14(15)9-18(20)26-21-6-2-3-7-24-21/h2-8,11,14-15,18,20,25H,9-10,12-13H2,1H3,(H,24,26)/t14-,15+,18-,20-/m1/s1. The fourth-order valence-electron chi connectivity index (χ4n) is 4.87. The molecule has 4 heterocycles. The van der Waals surface area contributed by atoms with Gasteiger partial charge in [0.2, 0.25) is 0 Å². The van der Waals surface area contributed by atoms with E-state index < -0.39 is 0 Å². The highest BCUT2D eigenvalue weighted by Crippen LogP contribution is 2.39. The second-order valence-electron chi connectivity index (χ2n) is 8.06. The molecule has 3 aromatic rings. The molecule has 150 valence electrons. The smallest absolute Gasteiger partial charge is 0.270 e. The number of carbonyl (C=O) groups is 1. The number of hydrogen-bond donors (Lipinski definition) is 2. The minimum absolute atomic E-state index is 0.0561. The molecule has 1 saturated carbocycles. The molecular formula is C22H25N5O2. The lowest BCUT2D eigenvalue weighted by atomic mass is 9.77. The Hall–Kier alpha value is -2.93. The highest BCUT2D eigenvalue weighted by atomic mass is 16.5. The van der Waals surface area contributed by atoms with Crippen molar-refractivity contribution in [3.63, 3.8) is 0 Å². The SMILES string of the molecule is CO[C@@H]1C[C@H]2CN(C(=O)c3cc4ncccc4[nH]3)C[C@H]2C[C@H]1Nc1ccccn1. The van der Waals surface area contributed by atoms with Gasteiger partial charge in [-0.15, -0.1) is 0 Å². The van der Waals surface area contributed by atoms with E-state index in [1.165, 1.54) is 0 Å². The summed E-state index contributed by atoms with van der Waals surface area (Å²) in [6, 6.07) is 11.7. The summed E-state index contributed by atoms with van der Waals surface area (Å²) in [5.74, 6) is 1.86. The van der Waals surface area contributed by atoms with Crippen LogP contribution in [0.3, 0.4) is 0 Å². The molecule has 3 aromatic heterocycles. The third-order valence-corrected chi connectivity index (χ3v) is 6.32. The van der Waals surface area contributed by atoms with Crippen LogP contribution in [-0.2, 0) is 4.74 Å². The predicted octanol–water partition coefficient (Wildman–Crippen LogP) is 2.94. The van der Waals surface area contributed by atoms with Gasteiger partial charge in [0.05, 0.1) is 23.2 Å². The van der Waals surface area contributed by atoms with Gasteiger partial charge in [0.1, 0.15) is 11.5 Å². The number of aromatic amines is 1. The number of ether oxygens (including phenoxy) is 1. The van der Waals surface area contributed by atoms with Crippen molar-refractivity contribution in [2.75, 3.05) is 25.5 Å². The van der Waals surface area contributed by atoms with E-state index in [-0.39, 0.29) is 18.1 Å². The van der Waals surface area contributed by atoms with Crippen molar-refractivity contribution in [1.82, 2.24) is 19.9 Å². The van der Waals surface area contributed by atoms with Gasteiger partial charge in [0.15, 0.2) is 0 Å². The summed E-state index contributed by atoms with van der Waals surface area (Å²) in [5, 5.41) is 3.53. The first-order valence-corrected chi connectivity index (χ1v) is 10.1. The molecule has 2 aliphatic rings. The monoisotopic (exact) mass is 391 g/mol. The lowest BCUT2D eigenvalue weighted by Gasteiger charge is -2.37. The highest BCUT2D eigenvalue weighted by molar-refractivity contribution is 5.97. The number of H-pyrrole nitrogens is 1. The number of pyridine rings is 2. The number of likely N-dealkylation sites (tertiary alicyclic amines) is 1. The summed E-state index contributed by atoms with van der Waals surface area (Å²) in [6.07, 6.45) is 5.57. The maximum atomic E-state index is 13.1. The average Bonchev–Trinajstić information content (AvgIpc) is 3.37. The summed E-state index contributed by atoms with van der Waals surface area (Å²) in [5.41, 5.74) is 2.34. The predicted molar refractivity (Wildman–Crippen MR) is 111 cm³/mol. The van der Waals surface area contributed by atoms with Crippen LogP contribution in [0.25, 0.3) is 11.0 Å². The van der Waals surface area contributed by atoms with Gasteiger partial charge in [-0.3, -0.25) is 9.78 Å². The molecule has 7 nitrogen and oxygen atoms in total. The van der Waals surface area contributed by atoms with Crippen molar-refractivity contribution in [2.24, 2.45) is 11.8 Å². The number of methoxy groups -OCH3 is 1. The van der Waals surface area contributed by atoms with Crippen LogP contribution >= 0.6 is 0 Å². The van der Waals surface area contributed by atoms with Gasteiger partial charge in [-0.1, -0.05) is 6.07 Å². The Kier molecular flexibility index (Phi) is 4.67. The molecule has 4 atom stereocenters. The van der Waals surface area contributed by atoms with Crippen LogP contribution in [0.4, 0.5) is 5.82 Å². The van der Waals surface area contributed by atoms with Crippen LogP contribution in [0.5, 0.6) is 0 Å². The zero-order chi connectivity index (χ0) is 19.8. The van der Waals surface area contributed by atoms with Crippen LogP contribution in [0.2, 0.25) is 0 Å². The average molecular weight is 391 g/mol. The van der Waals surface area contributed by atoms with E-state index in [0.29, 0.717) is 17.5 Å². The highest BCUT2D eigenvalue weighted by Gasteiger charge is 2.44. The number of fused-ring (bicyclic) bond motifs is 2. The van der Waals surface area contributed by atoms with E-state index in [2.05, 4.69) is 20.3 Å². The molecule has 5 rings (SSSR count). The molecule has 2 N–H and O–H groups in total. The van der Waals surface area contributed by atoms with Crippen LogP contribution in [-0.4, -0.2) is 58.1 Å². The van der Waals surface area contributed by atoms with Crippen LogP contribution in [0.1, 0.15) is 23.3 Å². The van der Waals surface area contributed by atoms with Crippen molar-refractivity contribution in [3.05, 3.63) is 54.5 Å². The van der Waals surface area contributed by atoms with Gasteiger partial charge in [-0.05, 0) is 55.0 Å². The third-order valence-electron chi connectivity index (χ3n) is 6.32. The fourth-order valence-corrected chi connectivity index (χ4v) is 4.87. The van der Waals surface area contributed by atoms with Gasteiger partial charge in [0, 0.05) is 32.6 Å². The molecule has 2 fully saturated rings. The van der Waals surface area contributed by atoms with Gasteiger partial charge < -0.3 is 19.9 Å². The molecule has 1 aliphatic heterocycles. The van der Waals surface area contributed by atoms with E-state index in [0.717, 1.165) is 42.8 Å². The maximum Gasteiger partial charge on any atom is 0.270 e. The topological polar surface area (TPSA) is 83.1 Å². The summed E-state index contributed by atoms with van der Waals surface area (Å²) < 4.78 is 5.80. The number of amides is 1. The van der Waals surface area contributed by atoms with Crippen LogP contribution < -0.4 is 5.32 Å². The summed E-state index contributed by atoms with van der Waals surface area (Å²) >= 11 is 0. The number of carbonyl (C=O) groups excluding carboxylic acids is 1. The zero-order valence-corrected chi connectivity index (χ0v) is 16.4. The van der Waals surface area contributed by atoms with Gasteiger partial charge in [0.25, 0.3) is 5.91 Å². The zero-order valence-electron chi connectivity index (χ0n) is 16.4. The van der Waals surface area contributed by atoms with Crippen molar-refractivity contribution in [2.45, 2.75) is 25.0 Å². The van der Waals surface area contributed by atoms with E-state index >= 15 is 0 Å². The minimum Gasteiger partial charge on any atom is -0.379 e. The molecule has 29 heavy (non-hydrogen) atoms. The van der Waals surface area contributed by atoms with E-state index in [9.17, 15) is 4.79 Å². The molecule has 1 amide bonds. The summed E-state index contributed by atoms with van der Waals surface area (Å²) in [7, 11) is 1.77. The van der Waals surface area contributed by atoms with Crippen molar-refractivity contribution < 1.29 is 9.53 Å². The van der Waals surface area contributed by atoms with Gasteiger partial charge in [-0.25, -0.2) is 4.98 Å². The van der Waals surface area contributed by atoms with E-state index in [1.54, 1.807) is 19.5 Å². The Morgan fingerprint density at radius 2 is 1.97 bits per heavy atom. The number of anilines is 1. The Morgan fingerprint density at radius 3 is 2.72 bits per heavy atom. The molecule has 0 bridgehead atoms. The number of rotatable bonds is 4. The van der Waals surface area contributed by atoms with Crippen LogP contribution in [0.15, 0.2) is 48.8 Å². The van der Waals surface area contributed by atoms with Crippen molar-refractivity contribution in [3.8, 4) is 0 Å². The lowest BCUT2D eigenvalue weighted by Crippen LogP contribution is -2.44. The lowest BCUT2D eigenvalue weighted by molar-refractivity contribution is 0.0304. The Labute approximate surface area is 169 Å². The van der Waals surface area contributed by atoms with E-state index in [4.69, 9.17) is 4.74 Å². The number of aromatic nitrogens is 3. The van der Waals surface area contributed by atoms with Gasteiger partial charge in [-0.2, -0.15) is 0 Å². The Bertz CT molecular complexity index is 972. The first kappa shape index (κ1) is 18.1. The molecule has 0 radical (unpaired) electrons. The summed E-state index contributed by atoms with van der Waals surface area (Å²) in [6.45, 7) is 1.56. The fraction of sp³-hybridized carbons (Fsp3) is 0.409. The Balaban J connectivity index is 1.30. The first-order chi connectivity index (χ1) is 14.2. The molecular weight excluding hydrogens is 366 g/mol. The van der Waals surface area contributed by atoms with Crippen molar-refractivity contribution in [1.29, 1.82) is 0 Å². The second-order valence-corrected chi connectivity index (χ2v) is 8.06. The number of nitrogens with one attached hydrogen (secondary N) is 2. The largest absolute Gasteiger partial charge is 0.379 e. The summed E-state index contributed by atoms with van der Waals surface area (Å²) in [4.78, 5) is 27.0. The molecule has 1 saturated heterocycles. The minimum atomic E-state index is 0.0561. The number of hydrogen-bond acceptors (Lipinski definition) is 5. The normalized spacial score (nSPS) is 26.4. The second kappa shape index (κ2) is 7.48. The molecule has 1 aliphatic carbocycles. The van der Waals surface area contributed by atoms with E-state index in [1.807, 2.05) is 41.3 Å². The first-order valence-electron chi connectivity index (χ1n) is 10.1.